The van der Waals surface area contributed by atoms with E-state index < -0.39 is 30.5 Å². The summed E-state index contributed by atoms with van der Waals surface area (Å²) in [5.41, 5.74) is 0. The van der Waals surface area contributed by atoms with E-state index in [2.05, 4.69) is 0 Å². The third-order valence-corrected chi connectivity index (χ3v) is 2.09. The lowest BCUT2D eigenvalue weighted by Gasteiger charge is -2.37. The van der Waals surface area contributed by atoms with E-state index in [0.29, 0.717) is 0 Å². The Balaban J connectivity index is 2.63. The van der Waals surface area contributed by atoms with Crippen LogP contribution in [0.1, 0.15) is 13.8 Å². The Morgan fingerprint density at radius 1 is 0.818 bits per heavy atom. The zero-order valence-corrected chi connectivity index (χ0v) is 6.64. The van der Waals surface area contributed by atoms with Crippen LogP contribution >= 0.6 is 0 Å². The maximum Gasteiger partial charge on any atom is 0.111 e. The summed E-state index contributed by atoms with van der Waals surface area (Å²) in [7, 11) is 0. The molecule has 3 N–H and O–H groups in total. The first-order valence-electron chi connectivity index (χ1n) is 3.73. The van der Waals surface area contributed by atoms with E-state index in [0.717, 1.165) is 0 Å². The van der Waals surface area contributed by atoms with Crippen LogP contribution in [0.25, 0.3) is 0 Å². The molecule has 0 aromatic heterocycles. The first-order chi connectivity index (χ1) is 5.04. The van der Waals surface area contributed by atoms with Gasteiger partial charge >= 0.3 is 0 Å². The molecule has 0 radical (unpaired) electrons. The minimum absolute atomic E-state index is 0.414. The Morgan fingerprint density at radius 3 is 1.55 bits per heavy atom. The molecule has 0 aromatic rings. The Bertz CT molecular complexity index is 124. The fourth-order valence-corrected chi connectivity index (χ4v) is 1.26. The fraction of sp³-hybridized carbons (Fsp3) is 1.00. The molecular weight excluding hydrogens is 148 g/mol. The van der Waals surface area contributed by atoms with Crippen molar-refractivity contribution in [1.29, 1.82) is 0 Å². The van der Waals surface area contributed by atoms with Gasteiger partial charge in [0.05, 0.1) is 12.2 Å². The maximum absolute atomic E-state index is 9.21. The predicted octanol–water partition coefficient (Wildman–Crippen LogP) is -1.12. The highest BCUT2D eigenvalue weighted by Crippen LogP contribution is 2.19. The molecule has 4 heteroatoms. The molecule has 0 saturated carbocycles. The third-order valence-electron chi connectivity index (χ3n) is 2.09. The van der Waals surface area contributed by atoms with Gasteiger partial charge in [-0.05, 0) is 13.8 Å². The zero-order valence-electron chi connectivity index (χ0n) is 6.64. The average molecular weight is 162 g/mol. The van der Waals surface area contributed by atoms with Gasteiger partial charge in [-0.2, -0.15) is 0 Å². The standard InChI is InChI=1S/C7H14O4/c1-3-5(8)7(10)6(9)4(2)11-3/h3-10H,1-2H3/t3-,4?,5?,6-,7?/m0/s1. The summed E-state index contributed by atoms with van der Waals surface area (Å²) in [5, 5.41) is 27.6. The lowest BCUT2D eigenvalue weighted by molar-refractivity contribution is -0.211. The molecule has 0 aromatic carbocycles. The molecule has 1 rings (SSSR count). The van der Waals surface area contributed by atoms with Crippen molar-refractivity contribution in [2.45, 2.75) is 44.4 Å². The molecule has 1 aliphatic heterocycles. The monoisotopic (exact) mass is 162 g/mol. The van der Waals surface area contributed by atoms with Crippen molar-refractivity contribution in [3.8, 4) is 0 Å². The van der Waals surface area contributed by atoms with Gasteiger partial charge in [0.25, 0.3) is 0 Å². The van der Waals surface area contributed by atoms with E-state index >= 15 is 0 Å². The van der Waals surface area contributed by atoms with Crippen molar-refractivity contribution < 1.29 is 20.1 Å². The van der Waals surface area contributed by atoms with Crippen LogP contribution in [-0.2, 0) is 4.74 Å². The van der Waals surface area contributed by atoms with Crippen LogP contribution in [0.4, 0.5) is 0 Å². The van der Waals surface area contributed by atoms with E-state index in [4.69, 9.17) is 4.74 Å². The SMILES string of the molecule is CC1O[C@@H](C)C(O)C(O)[C@H]1O. The molecule has 3 unspecified atom stereocenters. The number of hydrogen-bond donors (Lipinski definition) is 3. The fourth-order valence-electron chi connectivity index (χ4n) is 1.26. The second-order valence-electron chi connectivity index (χ2n) is 3.02. The molecule has 1 aliphatic rings. The van der Waals surface area contributed by atoms with Gasteiger partial charge in [-0.25, -0.2) is 0 Å². The van der Waals surface area contributed by atoms with Crippen LogP contribution in [0.15, 0.2) is 0 Å². The normalized spacial score (nSPS) is 52.6. The first kappa shape index (κ1) is 8.93. The van der Waals surface area contributed by atoms with E-state index in [1.54, 1.807) is 13.8 Å². The van der Waals surface area contributed by atoms with Crippen LogP contribution in [0.2, 0.25) is 0 Å². The van der Waals surface area contributed by atoms with E-state index in [1.807, 2.05) is 0 Å². The van der Waals surface area contributed by atoms with Crippen LogP contribution in [0.3, 0.4) is 0 Å². The van der Waals surface area contributed by atoms with Crippen LogP contribution in [0.5, 0.6) is 0 Å². The van der Waals surface area contributed by atoms with Gasteiger partial charge in [0.15, 0.2) is 0 Å². The molecular formula is C7H14O4. The lowest BCUT2D eigenvalue weighted by Crippen LogP contribution is -2.55. The minimum Gasteiger partial charge on any atom is -0.388 e. The van der Waals surface area contributed by atoms with Gasteiger partial charge in [0, 0.05) is 0 Å². The van der Waals surface area contributed by atoms with Crippen LogP contribution in [0, 0.1) is 0 Å². The molecule has 66 valence electrons. The van der Waals surface area contributed by atoms with Crippen molar-refractivity contribution in [3.05, 3.63) is 0 Å². The lowest BCUT2D eigenvalue weighted by atomic mass is 9.97. The second-order valence-corrected chi connectivity index (χ2v) is 3.02. The maximum atomic E-state index is 9.21. The van der Waals surface area contributed by atoms with Crippen molar-refractivity contribution in [1.82, 2.24) is 0 Å². The minimum atomic E-state index is -1.09. The molecule has 1 heterocycles. The van der Waals surface area contributed by atoms with Crippen LogP contribution in [-0.4, -0.2) is 45.8 Å². The highest BCUT2D eigenvalue weighted by Gasteiger charge is 2.39. The van der Waals surface area contributed by atoms with E-state index in [9.17, 15) is 15.3 Å². The van der Waals surface area contributed by atoms with Crippen molar-refractivity contribution in [2.24, 2.45) is 0 Å². The Labute approximate surface area is 65.4 Å². The summed E-state index contributed by atoms with van der Waals surface area (Å²) in [6.45, 7) is 3.33. The third kappa shape index (κ3) is 1.54. The van der Waals surface area contributed by atoms with Gasteiger partial charge in [0.2, 0.25) is 0 Å². The van der Waals surface area contributed by atoms with Crippen LogP contribution < -0.4 is 0 Å². The molecule has 11 heavy (non-hydrogen) atoms. The molecule has 0 aliphatic carbocycles. The Hall–Kier alpha value is -0.160. The van der Waals surface area contributed by atoms with E-state index in [-0.39, 0.29) is 0 Å². The number of ether oxygens (including phenoxy) is 1. The average Bonchev–Trinajstić information content (AvgIpc) is 1.97. The van der Waals surface area contributed by atoms with Gasteiger partial charge < -0.3 is 20.1 Å². The molecule has 0 bridgehead atoms. The quantitative estimate of drug-likeness (QED) is 0.422. The van der Waals surface area contributed by atoms with Gasteiger partial charge in [-0.15, -0.1) is 0 Å². The van der Waals surface area contributed by atoms with E-state index in [1.165, 1.54) is 0 Å². The summed E-state index contributed by atoms with van der Waals surface area (Å²) in [6.07, 6.45) is -3.89. The second kappa shape index (κ2) is 3.06. The predicted molar refractivity (Wildman–Crippen MR) is 38.0 cm³/mol. The highest BCUT2D eigenvalue weighted by atomic mass is 16.5. The summed E-state index contributed by atoms with van der Waals surface area (Å²) < 4.78 is 5.12. The summed E-state index contributed by atoms with van der Waals surface area (Å²) in [5.74, 6) is 0. The van der Waals surface area contributed by atoms with Crippen molar-refractivity contribution in [3.63, 3.8) is 0 Å². The molecule has 4 nitrogen and oxygen atoms in total. The first-order valence-corrected chi connectivity index (χ1v) is 3.73. The number of rotatable bonds is 0. The Kier molecular flexibility index (Phi) is 2.49. The van der Waals surface area contributed by atoms with Crippen molar-refractivity contribution >= 4 is 0 Å². The molecule has 1 fully saturated rings. The number of aliphatic hydroxyl groups excluding tert-OH is 3. The smallest absolute Gasteiger partial charge is 0.111 e. The topological polar surface area (TPSA) is 69.9 Å². The Morgan fingerprint density at radius 2 is 1.18 bits per heavy atom. The largest absolute Gasteiger partial charge is 0.388 e. The van der Waals surface area contributed by atoms with Gasteiger partial charge in [-0.1, -0.05) is 0 Å². The van der Waals surface area contributed by atoms with Crippen molar-refractivity contribution in [2.75, 3.05) is 0 Å². The van der Waals surface area contributed by atoms with Gasteiger partial charge in [0.1, 0.15) is 18.3 Å². The summed E-state index contributed by atoms with van der Waals surface area (Å²) >= 11 is 0. The molecule has 0 spiro atoms. The highest BCUT2D eigenvalue weighted by molar-refractivity contribution is 4.88. The summed E-state index contributed by atoms with van der Waals surface area (Å²) in [6, 6.07) is 0. The summed E-state index contributed by atoms with van der Waals surface area (Å²) in [4.78, 5) is 0. The molecule has 1 saturated heterocycles. The molecule has 5 atom stereocenters. The number of hydrogen-bond acceptors (Lipinski definition) is 4. The molecule has 0 amide bonds. The zero-order chi connectivity index (χ0) is 8.59. The van der Waals surface area contributed by atoms with Gasteiger partial charge in [-0.3, -0.25) is 0 Å². The number of aliphatic hydroxyl groups is 3.